The van der Waals surface area contributed by atoms with Crippen molar-refractivity contribution in [3.8, 4) is 0 Å². The maximum absolute atomic E-state index is 6.84. The molecule has 0 N–H and O–H groups in total. The van der Waals surface area contributed by atoms with E-state index in [1.54, 1.807) is 0 Å². The van der Waals surface area contributed by atoms with Crippen molar-refractivity contribution in [2.24, 2.45) is 5.41 Å². The van der Waals surface area contributed by atoms with E-state index < -0.39 is 0 Å². The van der Waals surface area contributed by atoms with Gasteiger partial charge in [0.25, 0.3) is 0 Å². The van der Waals surface area contributed by atoms with Gasteiger partial charge in [-0.1, -0.05) is 222 Å². The van der Waals surface area contributed by atoms with Crippen molar-refractivity contribution in [2.75, 3.05) is 4.90 Å². The van der Waals surface area contributed by atoms with Gasteiger partial charge in [-0.25, -0.2) is 0 Å². The Morgan fingerprint density at radius 3 is 1.03 bits per heavy atom. The first-order valence-corrected chi connectivity index (χ1v) is 22.8. The SMILES string of the molecule is CC(C)B(OC(C)(C)C(C)(C)C)c1cccc(/C=C/c2ccc(N(c3ccc(/C=C/c4ccc(C(C)(C)C)cc4)cc3)c3ccc(/C=C/c4ccc(C(C)(C)C)cc4)cc3)cc2)c1. The molecule has 6 aromatic rings. The summed E-state index contributed by atoms with van der Waals surface area (Å²) in [6, 6.07) is 53.1. The zero-order chi connectivity index (χ0) is 45.6. The summed E-state index contributed by atoms with van der Waals surface area (Å²) in [7, 11) is 0. The minimum absolute atomic E-state index is 0.00424. The Kier molecular flexibility index (Phi) is 14.4. The molecule has 0 aliphatic carbocycles. The Bertz CT molecular complexity index is 2370. The first-order valence-electron chi connectivity index (χ1n) is 22.8. The number of anilines is 3. The fourth-order valence-electron chi connectivity index (χ4n) is 7.34. The first kappa shape index (κ1) is 46.9. The van der Waals surface area contributed by atoms with Crippen molar-refractivity contribution in [2.45, 2.75) is 112 Å². The minimum Gasteiger partial charge on any atom is -0.425 e. The molecule has 0 fully saturated rings. The van der Waals surface area contributed by atoms with Gasteiger partial charge in [-0.05, 0) is 122 Å². The first-order chi connectivity index (χ1) is 29.7. The average Bonchev–Trinajstić information content (AvgIpc) is 3.24. The van der Waals surface area contributed by atoms with Gasteiger partial charge in [0.15, 0.2) is 0 Å². The van der Waals surface area contributed by atoms with Gasteiger partial charge in [0.1, 0.15) is 0 Å². The second kappa shape index (κ2) is 19.4. The van der Waals surface area contributed by atoms with Crippen LogP contribution in [0.4, 0.5) is 17.1 Å². The van der Waals surface area contributed by atoms with Gasteiger partial charge in [-0.2, -0.15) is 0 Å². The van der Waals surface area contributed by atoms with Crippen LogP contribution in [0.25, 0.3) is 36.5 Å². The van der Waals surface area contributed by atoms with E-state index >= 15 is 0 Å². The van der Waals surface area contributed by atoms with Crippen LogP contribution < -0.4 is 10.4 Å². The van der Waals surface area contributed by atoms with E-state index in [0.29, 0.717) is 5.82 Å². The molecular weight excluding hydrogens is 761 g/mol. The molecule has 0 aliphatic heterocycles. The van der Waals surface area contributed by atoms with E-state index in [1.165, 1.54) is 27.7 Å². The molecule has 3 heteroatoms. The summed E-state index contributed by atoms with van der Waals surface area (Å²) >= 11 is 0. The Labute approximate surface area is 381 Å². The zero-order valence-electron chi connectivity index (χ0n) is 40.3. The Morgan fingerprint density at radius 2 is 0.730 bits per heavy atom. The predicted octanol–water partition coefficient (Wildman–Crippen LogP) is 16.7. The molecule has 6 aromatic carbocycles. The van der Waals surface area contributed by atoms with Crippen molar-refractivity contribution in [3.63, 3.8) is 0 Å². The number of benzene rings is 6. The molecule has 0 saturated carbocycles. The summed E-state index contributed by atoms with van der Waals surface area (Å²) in [6.45, 7) is 29.2. The van der Waals surface area contributed by atoms with Crippen LogP contribution in [0.2, 0.25) is 5.82 Å². The van der Waals surface area contributed by atoms with Crippen LogP contribution in [0, 0.1) is 5.41 Å². The lowest BCUT2D eigenvalue weighted by molar-refractivity contribution is -0.00173. The number of nitrogens with zero attached hydrogens (tertiary/aromatic N) is 1. The third-order valence-electron chi connectivity index (χ3n) is 12.5. The predicted molar refractivity (Wildman–Crippen MR) is 280 cm³/mol. The molecule has 6 rings (SSSR count). The Morgan fingerprint density at radius 1 is 0.413 bits per heavy atom. The second-order valence-electron chi connectivity index (χ2n) is 21.1. The Balaban J connectivity index is 1.25. The van der Waals surface area contributed by atoms with Gasteiger partial charge < -0.3 is 9.55 Å². The van der Waals surface area contributed by atoms with E-state index in [4.69, 9.17) is 4.65 Å². The van der Waals surface area contributed by atoms with Gasteiger partial charge in [0.05, 0.1) is 5.60 Å². The van der Waals surface area contributed by atoms with Gasteiger partial charge in [-0.15, -0.1) is 0 Å². The van der Waals surface area contributed by atoms with E-state index in [-0.39, 0.29) is 28.8 Å². The molecule has 0 bridgehead atoms. The molecule has 0 unspecified atom stereocenters. The molecule has 0 radical (unpaired) electrons. The number of rotatable bonds is 13. The van der Waals surface area contributed by atoms with Crippen LogP contribution in [-0.4, -0.2) is 12.5 Å². The second-order valence-corrected chi connectivity index (χ2v) is 21.1. The number of hydrogen-bond donors (Lipinski definition) is 0. The smallest absolute Gasteiger partial charge is 0.329 e. The van der Waals surface area contributed by atoms with Gasteiger partial charge >= 0.3 is 6.92 Å². The molecule has 0 saturated heterocycles. The van der Waals surface area contributed by atoms with Crippen LogP contribution in [0.5, 0.6) is 0 Å². The maximum Gasteiger partial charge on any atom is 0.329 e. The highest BCUT2D eigenvalue weighted by Gasteiger charge is 2.38. The van der Waals surface area contributed by atoms with Crippen LogP contribution in [0.3, 0.4) is 0 Å². The average molecular weight is 832 g/mol. The molecule has 0 aliphatic rings. The monoisotopic (exact) mass is 832 g/mol. The molecule has 0 amide bonds. The summed E-state index contributed by atoms with van der Waals surface area (Å²) in [6.07, 6.45) is 13.2. The fraction of sp³-hybridized carbons (Fsp3) is 0.300. The lowest BCUT2D eigenvalue weighted by Gasteiger charge is -2.42. The highest BCUT2D eigenvalue weighted by atomic mass is 16.5. The van der Waals surface area contributed by atoms with Gasteiger partial charge in [0, 0.05) is 17.1 Å². The van der Waals surface area contributed by atoms with Crippen molar-refractivity contribution in [1.29, 1.82) is 0 Å². The molecule has 0 atom stereocenters. The standard InChI is InChI=1S/C60H70BNO/c1-44(2)61(63-60(12,13)59(9,10)11)53-16-14-15-50(43-53)22-21-49-31-41-56(42-32-49)62(54-37-27-47(28-38-54)19-17-45-23-33-51(34-24-45)57(3,4)5)55-39-29-48(30-40-55)20-18-46-25-35-52(36-26-46)58(6,7)8/h14-44H,1-13H3/b19-17+,20-18+,22-21+. The largest absolute Gasteiger partial charge is 0.425 e. The molecule has 63 heavy (non-hydrogen) atoms. The highest BCUT2D eigenvalue weighted by molar-refractivity contribution is 6.68. The highest BCUT2D eigenvalue weighted by Crippen LogP contribution is 2.37. The van der Waals surface area contributed by atoms with Crippen molar-refractivity contribution < 1.29 is 4.65 Å². The third-order valence-corrected chi connectivity index (χ3v) is 12.5. The topological polar surface area (TPSA) is 12.5 Å². The van der Waals surface area contributed by atoms with Gasteiger partial charge in [-0.3, -0.25) is 0 Å². The van der Waals surface area contributed by atoms with Crippen LogP contribution in [-0.2, 0) is 15.5 Å². The maximum atomic E-state index is 6.84. The summed E-state index contributed by atoms with van der Waals surface area (Å²) in [4.78, 5) is 2.33. The van der Waals surface area contributed by atoms with E-state index in [1.807, 2.05) is 0 Å². The van der Waals surface area contributed by atoms with Crippen LogP contribution >= 0.6 is 0 Å². The van der Waals surface area contributed by atoms with Crippen molar-refractivity contribution in [1.82, 2.24) is 0 Å². The lowest BCUT2D eigenvalue weighted by Crippen LogP contribution is -2.49. The lowest BCUT2D eigenvalue weighted by atomic mass is 9.51. The van der Waals surface area contributed by atoms with E-state index in [2.05, 4.69) is 277 Å². The van der Waals surface area contributed by atoms with E-state index in [9.17, 15) is 0 Å². The van der Waals surface area contributed by atoms with E-state index in [0.717, 1.165) is 39.3 Å². The molecule has 2 nitrogen and oxygen atoms in total. The summed E-state index contributed by atoms with van der Waals surface area (Å²) in [5.74, 6) is 0.342. The summed E-state index contributed by atoms with van der Waals surface area (Å²) in [5, 5.41) is 0. The summed E-state index contributed by atoms with van der Waals surface area (Å²) in [5.41, 5.74) is 14.2. The molecule has 0 aromatic heterocycles. The van der Waals surface area contributed by atoms with Crippen LogP contribution in [0.15, 0.2) is 146 Å². The van der Waals surface area contributed by atoms with Crippen molar-refractivity contribution in [3.05, 3.63) is 190 Å². The molecule has 0 heterocycles. The summed E-state index contributed by atoms with van der Waals surface area (Å²) < 4.78 is 6.84. The Hall–Kier alpha value is -5.64. The normalized spacial score (nSPS) is 12.9. The molecular formula is C60H70BNO. The fourth-order valence-corrected chi connectivity index (χ4v) is 7.34. The zero-order valence-corrected chi connectivity index (χ0v) is 40.3. The quantitative estimate of drug-likeness (QED) is 0.0849. The van der Waals surface area contributed by atoms with Crippen LogP contribution in [0.1, 0.15) is 135 Å². The minimum atomic E-state index is -0.277. The number of hydrogen-bond acceptors (Lipinski definition) is 2. The third kappa shape index (κ3) is 12.5. The van der Waals surface area contributed by atoms with Gasteiger partial charge in [0.2, 0.25) is 0 Å². The molecule has 0 spiro atoms. The van der Waals surface area contributed by atoms with Crippen molar-refractivity contribution >= 4 is 65.9 Å². The molecule has 324 valence electrons.